The average Bonchev–Trinajstić information content (AvgIpc) is 1.99. The first kappa shape index (κ1) is 9.55. The maximum Gasteiger partial charge on any atom is 0.122 e. The number of carbonyl (C=O) groups is 1. The molecule has 0 bridgehead atoms. The zero-order valence-electron chi connectivity index (χ0n) is 5.86. The lowest BCUT2D eigenvalue weighted by Crippen LogP contribution is -2.31. The topological polar surface area (TPSA) is 66.8 Å². The molecule has 0 aromatic rings. The van der Waals surface area contributed by atoms with Crippen LogP contribution in [0, 0.1) is 0 Å². The van der Waals surface area contributed by atoms with E-state index in [1.54, 1.807) is 0 Å². The van der Waals surface area contributed by atoms with Gasteiger partial charge < -0.3 is 19.7 Å². The molecule has 0 aromatic carbocycles. The zero-order valence-corrected chi connectivity index (χ0v) is 5.86. The number of aliphatic hydroxyl groups excluding tert-OH is 2. The molecule has 0 aromatic heterocycles. The predicted octanol–water partition coefficient (Wildman–Crippen LogP) is -1.06. The van der Waals surface area contributed by atoms with E-state index < -0.39 is 12.2 Å². The Bertz CT molecular complexity index is 93.7. The van der Waals surface area contributed by atoms with Crippen molar-refractivity contribution in [3.63, 3.8) is 0 Å². The molecule has 0 rings (SSSR count). The van der Waals surface area contributed by atoms with Crippen LogP contribution in [0.3, 0.4) is 0 Å². The van der Waals surface area contributed by atoms with Crippen molar-refractivity contribution in [3.8, 4) is 0 Å². The van der Waals surface area contributed by atoms with Gasteiger partial charge in [0.2, 0.25) is 0 Å². The van der Waals surface area contributed by atoms with E-state index in [0.29, 0.717) is 6.29 Å². The van der Waals surface area contributed by atoms with Crippen LogP contribution in [0.25, 0.3) is 0 Å². The van der Waals surface area contributed by atoms with Gasteiger partial charge in [0.25, 0.3) is 0 Å². The van der Waals surface area contributed by atoms with Crippen molar-refractivity contribution in [1.82, 2.24) is 0 Å². The maximum absolute atomic E-state index is 9.92. The summed E-state index contributed by atoms with van der Waals surface area (Å²) in [5.74, 6) is 0. The Balaban J connectivity index is 3.67. The second kappa shape index (κ2) is 5.34. The molecule has 0 radical (unpaired) electrons. The Morgan fingerprint density at radius 2 is 2.30 bits per heavy atom. The van der Waals surface area contributed by atoms with Crippen LogP contribution in [-0.4, -0.2) is 42.4 Å². The Morgan fingerprint density at radius 3 is 2.60 bits per heavy atom. The van der Waals surface area contributed by atoms with Crippen LogP contribution >= 0.6 is 0 Å². The predicted molar refractivity (Wildman–Crippen MR) is 34.6 cm³/mol. The second-order valence-electron chi connectivity index (χ2n) is 1.93. The summed E-state index contributed by atoms with van der Waals surface area (Å²) in [5.41, 5.74) is 0. The van der Waals surface area contributed by atoms with E-state index in [9.17, 15) is 4.79 Å². The van der Waals surface area contributed by atoms with E-state index in [1.165, 1.54) is 7.11 Å². The van der Waals surface area contributed by atoms with Gasteiger partial charge in [0.15, 0.2) is 0 Å². The highest BCUT2D eigenvalue weighted by Crippen LogP contribution is 2.00. The number of rotatable bonds is 5. The van der Waals surface area contributed by atoms with Gasteiger partial charge in [-0.15, -0.1) is 0 Å². The van der Waals surface area contributed by atoms with E-state index in [2.05, 4.69) is 0 Å². The van der Waals surface area contributed by atoms with E-state index >= 15 is 0 Å². The first-order chi connectivity index (χ1) is 4.76. The van der Waals surface area contributed by atoms with Gasteiger partial charge in [-0.3, -0.25) is 0 Å². The van der Waals surface area contributed by atoms with Crippen LogP contribution in [0.15, 0.2) is 0 Å². The minimum atomic E-state index is -0.963. The third kappa shape index (κ3) is 2.91. The van der Waals surface area contributed by atoms with Crippen molar-refractivity contribution in [2.45, 2.75) is 18.6 Å². The van der Waals surface area contributed by atoms with Gasteiger partial charge in [-0.1, -0.05) is 0 Å². The smallest absolute Gasteiger partial charge is 0.122 e. The molecule has 0 unspecified atom stereocenters. The fraction of sp³-hybridized carbons (Fsp3) is 0.833. The summed E-state index contributed by atoms with van der Waals surface area (Å²) in [6.07, 6.45) is -0.789. The minimum absolute atomic E-state index is 0.109. The van der Waals surface area contributed by atoms with Gasteiger partial charge in [0.05, 0.1) is 12.7 Å². The summed E-state index contributed by atoms with van der Waals surface area (Å²) >= 11 is 0. The van der Waals surface area contributed by atoms with Crippen LogP contribution in [0.1, 0.15) is 6.42 Å². The maximum atomic E-state index is 9.92. The molecule has 4 nitrogen and oxygen atoms in total. The molecule has 0 saturated heterocycles. The number of methoxy groups -OCH3 is 1. The molecule has 4 heteroatoms. The third-order valence-corrected chi connectivity index (χ3v) is 1.25. The molecule has 0 spiro atoms. The highest BCUT2D eigenvalue weighted by Gasteiger charge is 2.16. The molecule has 2 atom stereocenters. The van der Waals surface area contributed by atoms with Crippen LogP contribution in [0.5, 0.6) is 0 Å². The molecule has 0 amide bonds. The molecular formula is C6H12O4. The zero-order chi connectivity index (χ0) is 7.98. The van der Waals surface area contributed by atoms with Gasteiger partial charge in [0, 0.05) is 13.5 Å². The molecule has 0 aliphatic carbocycles. The molecule has 0 heterocycles. The van der Waals surface area contributed by atoms with E-state index in [1.807, 2.05) is 0 Å². The van der Waals surface area contributed by atoms with Crippen molar-refractivity contribution < 1.29 is 19.7 Å². The first-order valence-electron chi connectivity index (χ1n) is 3.01. The summed E-state index contributed by atoms with van der Waals surface area (Å²) in [6.45, 7) is -0.383. The lowest BCUT2D eigenvalue weighted by molar-refractivity contribution is -0.113. The van der Waals surface area contributed by atoms with E-state index in [0.717, 1.165) is 0 Å². The summed E-state index contributed by atoms with van der Waals surface area (Å²) < 4.78 is 4.70. The van der Waals surface area contributed by atoms with Gasteiger partial charge in [-0.05, 0) is 0 Å². The summed E-state index contributed by atoms with van der Waals surface area (Å²) in [5, 5.41) is 17.3. The number of aliphatic hydroxyl groups is 2. The van der Waals surface area contributed by atoms with Crippen molar-refractivity contribution in [2.24, 2.45) is 0 Å². The monoisotopic (exact) mass is 148 g/mol. The number of carbonyl (C=O) groups excluding carboxylic acids is 1. The lowest BCUT2D eigenvalue weighted by Gasteiger charge is -2.16. The number of aldehydes is 1. The molecule has 10 heavy (non-hydrogen) atoms. The van der Waals surface area contributed by atoms with Gasteiger partial charge in [0.1, 0.15) is 12.4 Å². The largest absolute Gasteiger partial charge is 0.394 e. The Kier molecular flexibility index (Phi) is 5.10. The van der Waals surface area contributed by atoms with Gasteiger partial charge in [-0.25, -0.2) is 0 Å². The molecule has 2 N–H and O–H groups in total. The number of hydrogen-bond donors (Lipinski definition) is 2. The van der Waals surface area contributed by atoms with Crippen molar-refractivity contribution in [3.05, 3.63) is 0 Å². The highest BCUT2D eigenvalue weighted by atomic mass is 16.5. The first-order valence-corrected chi connectivity index (χ1v) is 3.01. The van der Waals surface area contributed by atoms with Crippen LogP contribution in [-0.2, 0) is 9.53 Å². The molecule has 0 aliphatic rings. The fourth-order valence-electron chi connectivity index (χ4n) is 0.623. The van der Waals surface area contributed by atoms with Crippen LogP contribution in [0.4, 0.5) is 0 Å². The van der Waals surface area contributed by atoms with Crippen LogP contribution in [0.2, 0.25) is 0 Å². The Morgan fingerprint density at radius 1 is 1.70 bits per heavy atom. The van der Waals surface area contributed by atoms with Gasteiger partial charge >= 0.3 is 0 Å². The Labute approximate surface area is 59.4 Å². The Hall–Kier alpha value is -0.450. The van der Waals surface area contributed by atoms with E-state index in [4.69, 9.17) is 14.9 Å². The second-order valence-corrected chi connectivity index (χ2v) is 1.93. The average molecular weight is 148 g/mol. The number of hydrogen-bond acceptors (Lipinski definition) is 4. The summed E-state index contributed by atoms with van der Waals surface area (Å²) in [7, 11) is 1.38. The molecular weight excluding hydrogens is 136 g/mol. The standard InChI is InChI=1S/C6H12O4/c1-10-6(2-3-7)5(9)4-8/h3,5-6,8-9H,2,4H2,1H3/t5-,6+/m1/s1. The SMILES string of the molecule is CO[C@@H](CC=O)[C@H](O)CO. The minimum Gasteiger partial charge on any atom is -0.394 e. The van der Waals surface area contributed by atoms with Crippen LogP contribution < -0.4 is 0 Å². The molecule has 0 fully saturated rings. The summed E-state index contributed by atoms with van der Waals surface area (Å²) in [4.78, 5) is 9.92. The molecule has 0 saturated carbocycles. The fourth-order valence-corrected chi connectivity index (χ4v) is 0.623. The summed E-state index contributed by atoms with van der Waals surface area (Å²) in [6, 6.07) is 0. The molecule has 0 aliphatic heterocycles. The number of ether oxygens (including phenoxy) is 1. The normalized spacial score (nSPS) is 16.3. The molecule has 60 valence electrons. The highest BCUT2D eigenvalue weighted by molar-refractivity contribution is 5.50. The third-order valence-electron chi connectivity index (χ3n) is 1.25. The van der Waals surface area contributed by atoms with Gasteiger partial charge in [-0.2, -0.15) is 0 Å². The van der Waals surface area contributed by atoms with E-state index in [-0.39, 0.29) is 13.0 Å². The van der Waals surface area contributed by atoms with Crippen molar-refractivity contribution in [1.29, 1.82) is 0 Å². The van der Waals surface area contributed by atoms with Crippen molar-refractivity contribution >= 4 is 6.29 Å². The quantitative estimate of drug-likeness (QED) is 0.488. The lowest BCUT2D eigenvalue weighted by atomic mass is 10.1. The van der Waals surface area contributed by atoms with Crippen molar-refractivity contribution in [2.75, 3.05) is 13.7 Å².